The molecule has 7 heteroatoms. The quantitative estimate of drug-likeness (QED) is 0.748. The molecule has 4 heterocycles. The Morgan fingerprint density at radius 1 is 1.22 bits per heavy atom. The van der Waals surface area contributed by atoms with Gasteiger partial charge < -0.3 is 14.8 Å². The molecule has 5 rings (SSSR count). The topological polar surface area (TPSA) is 78.8 Å². The highest BCUT2D eigenvalue weighted by atomic mass is 16.2. The highest BCUT2D eigenvalue weighted by molar-refractivity contribution is 6.05. The average Bonchev–Trinajstić information content (AvgIpc) is 3.31. The summed E-state index contributed by atoms with van der Waals surface area (Å²) >= 11 is 0. The first-order valence-corrected chi connectivity index (χ1v) is 9.59. The van der Waals surface area contributed by atoms with Gasteiger partial charge >= 0.3 is 0 Å². The van der Waals surface area contributed by atoms with Crippen LogP contribution in [0.25, 0.3) is 22.3 Å². The van der Waals surface area contributed by atoms with Crippen molar-refractivity contribution in [1.82, 2.24) is 30.0 Å². The molecular formula is C20H24N6O. The number of carbonyl (C=O) groups is 1. The van der Waals surface area contributed by atoms with Gasteiger partial charge in [0, 0.05) is 48.5 Å². The largest absolute Gasteiger partial charge is 0.348 e. The summed E-state index contributed by atoms with van der Waals surface area (Å²) < 4.78 is 1.97. The monoisotopic (exact) mass is 364 g/mol. The number of rotatable bonds is 3. The summed E-state index contributed by atoms with van der Waals surface area (Å²) in [6, 6.07) is 7.38. The Hall–Kier alpha value is -2.67. The molecule has 7 nitrogen and oxygen atoms in total. The molecule has 2 saturated heterocycles. The lowest BCUT2D eigenvalue weighted by molar-refractivity contribution is 0.0879. The van der Waals surface area contributed by atoms with Crippen LogP contribution < -0.4 is 5.32 Å². The molecule has 2 aliphatic rings. The van der Waals surface area contributed by atoms with E-state index in [4.69, 9.17) is 0 Å². The number of benzene rings is 1. The molecule has 3 aromatic rings. The molecule has 27 heavy (non-hydrogen) atoms. The Kier molecular flexibility index (Phi) is 3.79. The highest BCUT2D eigenvalue weighted by Crippen LogP contribution is 2.34. The number of nitrogens with zero attached hydrogens (tertiary/aromatic N) is 4. The van der Waals surface area contributed by atoms with Crippen LogP contribution in [0.2, 0.25) is 0 Å². The van der Waals surface area contributed by atoms with Gasteiger partial charge in [-0.3, -0.25) is 9.89 Å². The van der Waals surface area contributed by atoms with Gasteiger partial charge in [-0.15, -0.1) is 0 Å². The number of aryl methyl sites for hydroxylation is 1. The van der Waals surface area contributed by atoms with Crippen LogP contribution in [0.3, 0.4) is 0 Å². The van der Waals surface area contributed by atoms with Gasteiger partial charge in [0.1, 0.15) is 5.82 Å². The molecule has 2 N–H and O–H groups in total. The summed E-state index contributed by atoms with van der Waals surface area (Å²) in [5.74, 6) is 0.781. The van der Waals surface area contributed by atoms with Crippen LogP contribution in [-0.2, 0) is 7.05 Å². The average molecular weight is 364 g/mol. The van der Waals surface area contributed by atoms with E-state index in [2.05, 4.69) is 32.4 Å². The van der Waals surface area contributed by atoms with E-state index in [1.165, 1.54) is 12.8 Å². The number of fused-ring (bicyclic) bond motifs is 3. The van der Waals surface area contributed by atoms with Gasteiger partial charge in [-0.05, 0) is 50.9 Å². The molecule has 1 aromatic carbocycles. The maximum Gasteiger partial charge on any atom is 0.272 e. The van der Waals surface area contributed by atoms with Gasteiger partial charge in [-0.2, -0.15) is 5.10 Å². The maximum atomic E-state index is 12.9. The van der Waals surface area contributed by atoms with E-state index in [1.807, 2.05) is 36.0 Å². The molecule has 2 aromatic heterocycles. The van der Waals surface area contributed by atoms with Gasteiger partial charge in [0.25, 0.3) is 5.91 Å². The van der Waals surface area contributed by atoms with Gasteiger partial charge in [0.2, 0.25) is 0 Å². The lowest BCUT2D eigenvalue weighted by atomic mass is 9.98. The number of carbonyl (C=O) groups excluding carboxylic acids is 1. The molecule has 0 radical (unpaired) electrons. The van der Waals surface area contributed by atoms with Crippen LogP contribution in [0.5, 0.6) is 0 Å². The first-order valence-electron chi connectivity index (χ1n) is 9.59. The summed E-state index contributed by atoms with van der Waals surface area (Å²) in [5.41, 5.74) is 2.30. The Bertz CT molecular complexity index is 991. The first kappa shape index (κ1) is 16.5. The summed E-state index contributed by atoms with van der Waals surface area (Å²) in [4.78, 5) is 19.8. The van der Waals surface area contributed by atoms with Gasteiger partial charge in [-0.25, -0.2) is 4.98 Å². The maximum absolute atomic E-state index is 12.9. The minimum absolute atomic E-state index is 0.0906. The van der Waals surface area contributed by atoms with Crippen molar-refractivity contribution in [3.63, 3.8) is 0 Å². The molecule has 2 fully saturated rings. The van der Waals surface area contributed by atoms with Crippen LogP contribution in [0.15, 0.2) is 30.6 Å². The molecule has 0 saturated carbocycles. The predicted molar refractivity (Wildman–Crippen MR) is 103 cm³/mol. The van der Waals surface area contributed by atoms with Gasteiger partial charge in [-0.1, -0.05) is 0 Å². The van der Waals surface area contributed by atoms with Crippen molar-refractivity contribution in [2.75, 3.05) is 7.05 Å². The fourth-order valence-electron chi connectivity index (χ4n) is 4.75. The van der Waals surface area contributed by atoms with Crippen molar-refractivity contribution >= 4 is 16.8 Å². The van der Waals surface area contributed by atoms with Crippen molar-refractivity contribution in [3.8, 4) is 11.4 Å². The fourth-order valence-corrected chi connectivity index (χ4v) is 4.75. The number of hydrogen-bond acceptors (Lipinski definition) is 4. The van der Waals surface area contributed by atoms with Crippen molar-refractivity contribution < 1.29 is 4.79 Å². The predicted octanol–water partition coefficient (Wildman–Crippen LogP) is 2.32. The molecule has 1 amide bonds. The number of hydrogen-bond donors (Lipinski definition) is 2. The summed E-state index contributed by atoms with van der Waals surface area (Å²) in [6.07, 6.45) is 8.23. The highest BCUT2D eigenvalue weighted by Gasteiger charge is 2.39. The zero-order valence-electron chi connectivity index (χ0n) is 15.6. The lowest BCUT2D eigenvalue weighted by Gasteiger charge is -2.36. The molecule has 2 bridgehead atoms. The summed E-state index contributed by atoms with van der Waals surface area (Å²) in [5, 5.41) is 11.4. The zero-order valence-corrected chi connectivity index (χ0v) is 15.6. The standard InChI is InChI=1S/C20H24N6O/c1-25-8-7-21-19(25)12-3-6-17-16(9-12)18(24-23-17)20(27)22-13-10-14-4-5-15(11-13)26(14)2/h3,6-9,13-15H,4-5,10-11H2,1-2H3,(H,22,27)(H,23,24). The second-order valence-electron chi connectivity index (χ2n) is 7.89. The number of nitrogens with one attached hydrogen (secondary N) is 2. The number of piperidine rings is 1. The SMILES string of the molecule is CN1C2CCC1CC(NC(=O)c1n[nH]c3ccc(-c4nccn4C)cc13)C2. The Morgan fingerprint density at radius 3 is 2.70 bits per heavy atom. The van der Waals surface area contributed by atoms with E-state index in [0.717, 1.165) is 35.1 Å². The zero-order chi connectivity index (χ0) is 18.5. The molecule has 2 unspecified atom stereocenters. The van der Waals surface area contributed by atoms with Crippen molar-refractivity contribution in [2.45, 2.75) is 43.8 Å². The van der Waals surface area contributed by atoms with E-state index in [-0.39, 0.29) is 11.9 Å². The molecule has 0 aliphatic carbocycles. The van der Waals surface area contributed by atoms with E-state index < -0.39 is 0 Å². The van der Waals surface area contributed by atoms with Gasteiger partial charge in [0.05, 0.1) is 5.52 Å². The third-order valence-corrected chi connectivity index (χ3v) is 6.29. The minimum atomic E-state index is -0.0906. The van der Waals surface area contributed by atoms with Crippen molar-refractivity contribution in [2.24, 2.45) is 7.05 Å². The normalized spacial score (nSPS) is 25.2. The number of H-pyrrole nitrogens is 1. The Labute approximate surface area is 157 Å². The van der Waals surface area contributed by atoms with Crippen LogP contribution in [0.4, 0.5) is 0 Å². The summed E-state index contributed by atoms with van der Waals surface area (Å²) in [6.45, 7) is 0. The van der Waals surface area contributed by atoms with Gasteiger partial charge in [0.15, 0.2) is 5.69 Å². The Balaban J connectivity index is 1.41. The van der Waals surface area contributed by atoms with E-state index >= 15 is 0 Å². The second-order valence-corrected chi connectivity index (χ2v) is 7.89. The third kappa shape index (κ3) is 2.73. The van der Waals surface area contributed by atoms with Crippen molar-refractivity contribution in [3.05, 3.63) is 36.3 Å². The van der Waals surface area contributed by atoms with E-state index in [1.54, 1.807) is 6.20 Å². The molecule has 140 valence electrons. The van der Waals surface area contributed by atoms with E-state index in [0.29, 0.717) is 17.8 Å². The number of amides is 1. The first-order chi connectivity index (χ1) is 13.1. The van der Waals surface area contributed by atoms with Crippen LogP contribution in [-0.4, -0.2) is 55.7 Å². The molecule has 2 atom stereocenters. The third-order valence-electron chi connectivity index (χ3n) is 6.29. The number of aromatic nitrogens is 4. The van der Waals surface area contributed by atoms with E-state index in [9.17, 15) is 4.79 Å². The Morgan fingerprint density at radius 2 is 2.00 bits per heavy atom. The lowest BCUT2D eigenvalue weighted by Crippen LogP contribution is -2.48. The molecule has 0 spiro atoms. The van der Waals surface area contributed by atoms with Crippen LogP contribution >= 0.6 is 0 Å². The minimum Gasteiger partial charge on any atom is -0.348 e. The molecular weight excluding hydrogens is 340 g/mol. The van der Waals surface area contributed by atoms with Crippen LogP contribution in [0.1, 0.15) is 36.2 Å². The summed E-state index contributed by atoms with van der Waals surface area (Å²) in [7, 11) is 4.17. The molecule has 2 aliphatic heterocycles. The number of aromatic amines is 1. The smallest absolute Gasteiger partial charge is 0.272 e. The number of imidazole rings is 1. The van der Waals surface area contributed by atoms with Crippen LogP contribution in [0, 0.1) is 0 Å². The second kappa shape index (κ2) is 6.20. The van der Waals surface area contributed by atoms with Crippen molar-refractivity contribution in [1.29, 1.82) is 0 Å². The fraction of sp³-hybridized carbons (Fsp3) is 0.450.